The van der Waals surface area contributed by atoms with E-state index in [0.717, 1.165) is 12.1 Å². The smallest absolute Gasteiger partial charge is 0.191 e. The number of halogens is 1. The number of hydrogen-bond donors (Lipinski definition) is 4. The van der Waals surface area contributed by atoms with Crippen molar-refractivity contribution in [2.45, 2.75) is 51.8 Å². The molecule has 1 aromatic carbocycles. The first-order valence-electron chi connectivity index (χ1n) is 10.2. The minimum absolute atomic E-state index is 0. The van der Waals surface area contributed by atoms with Gasteiger partial charge >= 0.3 is 0 Å². The lowest BCUT2D eigenvalue weighted by atomic mass is 10.00. The molecule has 0 bridgehead atoms. The molecule has 0 saturated carbocycles. The van der Waals surface area contributed by atoms with Crippen LogP contribution in [-0.2, 0) is 12.6 Å². The van der Waals surface area contributed by atoms with Gasteiger partial charge in [-0.3, -0.25) is 9.67 Å². The van der Waals surface area contributed by atoms with Gasteiger partial charge in [-0.1, -0.05) is 30.3 Å². The van der Waals surface area contributed by atoms with E-state index >= 15 is 0 Å². The normalized spacial score (nSPS) is 15.1. The van der Waals surface area contributed by atoms with Crippen LogP contribution in [0.4, 0.5) is 0 Å². The van der Waals surface area contributed by atoms with Crippen LogP contribution in [0.25, 0.3) is 0 Å². The van der Waals surface area contributed by atoms with Crippen molar-refractivity contribution < 1.29 is 5.11 Å². The molecule has 2 unspecified atom stereocenters. The lowest BCUT2D eigenvalue weighted by Crippen LogP contribution is -2.47. The van der Waals surface area contributed by atoms with Gasteiger partial charge in [0.1, 0.15) is 5.60 Å². The van der Waals surface area contributed by atoms with Gasteiger partial charge in [-0.15, -0.1) is 24.0 Å². The van der Waals surface area contributed by atoms with E-state index < -0.39 is 5.60 Å². The van der Waals surface area contributed by atoms with Crippen LogP contribution >= 0.6 is 24.0 Å². The van der Waals surface area contributed by atoms with E-state index in [9.17, 15) is 5.11 Å². The van der Waals surface area contributed by atoms with Crippen LogP contribution in [0.5, 0.6) is 0 Å². The highest BCUT2D eigenvalue weighted by molar-refractivity contribution is 14.0. The summed E-state index contributed by atoms with van der Waals surface area (Å²) in [6.45, 7) is 11.9. The molecule has 0 saturated heterocycles. The molecule has 2 rings (SSSR count). The van der Waals surface area contributed by atoms with Crippen LogP contribution in [0.3, 0.4) is 0 Å². The second-order valence-electron chi connectivity index (χ2n) is 8.39. The number of nitrogens with one attached hydrogen (secondary N) is 3. The summed E-state index contributed by atoms with van der Waals surface area (Å²) in [4.78, 5) is 4.73. The summed E-state index contributed by atoms with van der Waals surface area (Å²) in [5, 5.41) is 25.1. The molecule has 1 aromatic heterocycles. The van der Waals surface area contributed by atoms with E-state index in [1.54, 1.807) is 17.8 Å². The van der Waals surface area contributed by atoms with Gasteiger partial charge in [-0.25, -0.2) is 0 Å². The molecule has 2 aromatic rings. The predicted octanol–water partition coefficient (Wildman–Crippen LogP) is 2.93. The van der Waals surface area contributed by atoms with Crippen LogP contribution in [0.2, 0.25) is 0 Å². The van der Waals surface area contributed by atoms with Gasteiger partial charge < -0.3 is 21.1 Å². The molecule has 8 heteroatoms. The van der Waals surface area contributed by atoms with Crippen LogP contribution in [-0.4, -0.2) is 46.0 Å². The van der Waals surface area contributed by atoms with E-state index in [-0.39, 0.29) is 35.6 Å². The van der Waals surface area contributed by atoms with Crippen molar-refractivity contribution in [1.29, 1.82) is 0 Å². The van der Waals surface area contributed by atoms with E-state index in [4.69, 9.17) is 4.99 Å². The van der Waals surface area contributed by atoms with Crippen LogP contribution < -0.4 is 16.0 Å². The van der Waals surface area contributed by atoms with E-state index in [1.807, 2.05) is 26.2 Å². The van der Waals surface area contributed by atoms with Crippen molar-refractivity contribution in [2.24, 2.45) is 12.0 Å². The van der Waals surface area contributed by atoms with Crippen molar-refractivity contribution in [2.75, 3.05) is 19.6 Å². The molecule has 4 N–H and O–H groups in total. The Hall–Kier alpha value is -1.65. The summed E-state index contributed by atoms with van der Waals surface area (Å²) in [5.41, 5.74) is 0.785. The number of rotatable bonds is 9. The topological polar surface area (TPSA) is 86.5 Å². The van der Waals surface area contributed by atoms with Crippen LogP contribution in [0, 0.1) is 0 Å². The fourth-order valence-electron chi connectivity index (χ4n) is 3.13. The molecule has 0 radical (unpaired) electrons. The number of nitrogens with zero attached hydrogens (tertiary/aromatic N) is 3. The van der Waals surface area contributed by atoms with Gasteiger partial charge in [0.2, 0.25) is 0 Å². The van der Waals surface area contributed by atoms with Gasteiger partial charge in [-0.2, -0.15) is 5.10 Å². The number of aryl methyl sites for hydroxylation is 1. The molecule has 7 nitrogen and oxygen atoms in total. The Morgan fingerprint density at radius 3 is 2.43 bits per heavy atom. The second-order valence-corrected chi connectivity index (χ2v) is 8.39. The van der Waals surface area contributed by atoms with Crippen molar-refractivity contribution in [1.82, 2.24) is 25.7 Å². The summed E-state index contributed by atoms with van der Waals surface area (Å²) >= 11 is 0. The Labute approximate surface area is 197 Å². The third-order valence-corrected chi connectivity index (χ3v) is 4.81. The molecule has 0 amide bonds. The standard InChI is InChI=1S/C22H36N6O.HI/c1-7-23-20(25-16-22(5,29)19-13-26-28(6)14-19)24-15-21(3,4)27-17(2)18-11-9-8-10-12-18;/h8-14,17,27,29H,7,15-16H2,1-6H3,(H2,23,24,25);1H. The fraction of sp³-hybridized carbons (Fsp3) is 0.545. The molecule has 30 heavy (non-hydrogen) atoms. The fourth-order valence-corrected chi connectivity index (χ4v) is 3.13. The monoisotopic (exact) mass is 528 g/mol. The van der Waals surface area contributed by atoms with Gasteiger partial charge in [-0.05, 0) is 40.2 Å². The first-order chi connectivity index (χ1) is 13.6. The number of guanidine groups is 1. The zero-order chi connectivity index (χ0) is 21.5. The lowest BCUT2D eigenvalue weighted by molar-refractivity contribution is 0.0616. The quantitative estimate of drug-likeness (QED) is 0.229. The molecule has 0 aliphatic rings. The molecule has 168 valence electrons. The number of aliphatic hydroxyl groups is 1. The number of hydrogen-bond acceptors (Lipinski definition) is 4. The Morgan fingerprint density at radius 1 is 1.20 bits per heavy atom. The zero-order valence-corrected chi connectivity index (χ0v) is 21.3. The maximum absolute atomic E-state index is 10.8. The molecule has 0 aliphatic carbocycles. The molecular formula is C22H37IN6O. The minimum Gasteiger partial charge on any atom is -0.383 e. The predicted molar refractivity (Wildman–Crippen MR) is 134 cm³/mol. The van der Waals surface area contributed by atoms with Crippen molar-refractivity contribution in [3.63, 3.8) is 0 Å². The van der Waals surface area contributed by atoms with Gasteiger partial charge in [0, 0.05) is 36.9 Å². The van der Waals surface area contributed by atoms with E-state index in [0.29, 0.717) is 19.0 Å². The highest BCUT2D eigenvalue weighted by Gasteiger charge is 2.25. The third-order valence-electron chi connectivity index (χ3n) is 4.81. The molecule has 1 heterocycles. The number of aliphatic imine (C=N–C) groups is 1. The average molecular weight is 528 g/mol. The first kappa shape index (κ1) is 26.4. The SMILES string of the molecule is CCNC(=NCC(C)(C)NC(C)c1ccccc1)NCC(C)(O)c1cnn(C)c1.I. The third kappa shape index (κ3) is 8.23. The summed E-state index contributed by atoms with van der Waals surface area (Å²) in [5.74, 6) is 0.680. The summed E-state index contributed by atoms with van der Waals surface area (Å²) in [6.07, 6.45) is 3.51. The largest absolute Gasteiger partial charge is 0.383 e. The van der Waals surface area contributed by atoms with Crippen LogP contribution in [0.1, 0.15) is 51.8 Å². The Bertz CT molecular complexity index is 788. The van der Waals surface area contributed by atoms with E-state index in [1.165, 1.54) is 5.56 Å². The average Bonchev–Trinajstić information content (AvgIpc) is 3.12. The van der Waals surface area contributed by atoms with E-state index in [2.05, 4.69) is 66.1 Å². The lowest BCUT2D eigenvalue weighted by Gasteiger charge is -2.30. The Balaban J connectivity index is 0.00000450. The molecular weight excluding hydrogens is 491 g/mol. The van der Waals surface area contributed by atoms with Crippen molar-refractivity contribution >= 4 is 29.9 Å². The Kier molecular flexibility index (Phi) is 10.3. The highest BCUT2D eigenvalue weighted by Crippen LogP contribution is 2.19. The molecule has 0 fully saturated rings. The molecule has 0 spiro atoms. The minimum atomic E-state index is -1.04. The van der Waals surface area contributed by atoms with Crippen LogP contribution in [0.15, 0.2) is 47.7 Å². The summed E-state index contributed by atoms with van der Waals surface area (Å²) in [6, 6.07) is 10.6. The summed E-state index contributed by atoms with van der Waals surface area (Å²) in [7, 11) is 1.84. The van der Waals surface area contributed by atoms with Gasteiger partial charge in [0.05, 0.1) is 19.3 Å². The zero-order valence-electron chi connectivity index (χ0n) is 18.9. The van der Waals surface area contributed by atoms with Gasteiger partial charge in [0.15, 0.2) is 5.96 Å². The number of aromatic nitrogens is 2. The first-order valence-corrected chi connectivity index (χ1v) is 10.2. The Morgan fingerprint density at radius 2 is 1.87 bits per heavy atom. The molecule has 0 aliphatic heterocycles. The maximum atomic E-state index is 10.8. The van der Waals surface area contributed by atoms with Gasteiger partial charge in [0.25, 0.3) is 0 Å². The molecule has 2 atom stereocenters. The second kappa shape index (κ2) is 11.7. The van der Waals surface area contributed by atoms with Crippen molar-refractivity contribution in [3.8, 4) is 0 Å². The van der Waals surface area contributed by atoms with Crippen molar-refractivity contribution in [3.05, 3.63) is 53.9 Å². The maximum Gasteiger partial charge on any atom is 0.191 e. The summed E-state index contributed by atoms with van der Waals surface area (Å²) < 4.78 is 1.69. The highest BCUT2D eigenvalue weighted by atomic mass is 127. The number of benzene rings is 1.